The highest BCUT2D eigenvalue weighted by atomic mass is 19.1. The third-order valence-electron chi connectivity index (χ3n) is 4.49. The molecule has 7 nitrogen and oxygen atoms in total. The summed E-state index contributed by atoms with van der Waals surface area (Å²) in [7, 11) is 0. The number of halogens is 1. The van der Waals surface area contributed by atoms with Gasteiger partial charge >= 0.3 is 5.97 Å². The largest absolute Gasteiger partial charge is 0.366 e. The van der Waals surface area contributed by atoms with E-state index in [-0.39, 0.29) is 17.0 Å². The average Bonchev–Trinajstić information content (AvgIpc) is 3.20. The van der Waals surface area contributed by atoms with Gasteiger partial charge in [0.2, 0.25) is 5.91 Å². The number of fused-ring (bicyclic) bond motifs is 1. The van der Waals surface area contributed by atoms with Crippen LogP contribution in [0.15, 0.2) is 42.5 Å². The van der Waals surface area contributed by atoms with Crippen LogP contribution in [-0.2, 0) is 9.63 Å². The summed E-state index contributed by atoms with van der Waals surface area (Å²) in [5.74, 6) is -3.80. The highest BCUT2D eigenvalue weighted by Crippen LogP contribution is 2.26. The topological polar surface area (TPSA) is 84.0 Å². The van der Waals surface area contributed by atoms with Gasteiger partial charge < -0.3 is 9.74 Å². The molecular formula is C19H13FN2O5. The molecule has 136 valence electrons. The zero-order valence-corrected chi connectivity index (χ0v) is 14.0. The lowest BCUT2D eigenvalue weighted by Crippen LogP contribution is -2.33. The fourth-order valence-electron chi connectivity index (χ4n) is 3.14. The van der Waals surface area contributed by atoms with Crippen LogP contribution < -0.4 is 4.90 Å². The zero-order valence-electron chi connectivity index (χ0n) is 14.0. The maximum Gasteiger partial charge on any atom is 0.366 e. The van der Waals surface area contributed by atoms with Crippen LogP contribution in [0.1, 0.15) is 43.9 Å². The number of benzene rings is 2. The van der Waals surface area contributed by atoms with Crippen LogP contribution in [-0.4, -0.2) is 35.3 Å². The number of nitrogens with zero attached hydrogens (tertiary/aromatic N) is 2. The Kier molecular flexibility index (Phi) is 3.95. The summed E-state index contributed by atoms with van der Waals surface area (Å²) in [6.45, 7) is 0.470. The molecule has 0 aromatic heterocycles. The molecule has 0 unspecified atom stereocenters. The van der Waals surface area contributed by atoms with Crippen LogP contribution in [0.25, 0.3) is 0 Å². The Labute approximate surface area is 152 Å². The maximum atomic E-state index is 14.1. The van der Waals surface area contributed by atoms with Crippen molar-refractivity contribution in [3.05, 3.63) is 65.0 Å². The Morgan fingerprint density at radius 3 is 2.26 bits per heavy atom. The molecule has 0 N–H and O–H groups in total. The predicted molar refractivity (Wildman–Crippen MR) is 90.3 cm³/mol. The lowest BCUT2D eigenvalue weighted by Gasteiger charge is -2.17. The minimum Gasteiger partial charge on any atom is -0.324 e. The Bertz CT molecular complexity index is 968. The molecule has 2 aromatic rings. The van der Waals surface area contributed by atoms with Crippen molar-refractivity contribution in [2.24, 2.45) is 0 Å². The van der Waals surface area contributed by atoms with Crippen molar-refractivity contribution in [3.63, 3.8) is 0 Å². The molecule has 0 atom stereocenters. The average molecular weight is 368 g/mol. The Hall–Kier alpha value is -3.55. The van der Waals surface area contributed by atoms with E-state index in [1.165, 1.54) is 29.2 Å². The highest BCUT2D eigenvalue weighted by molar-refractivity contribution is 6.21. The first-order valence-electron chi connectivity index (χ1n) is 8.27. The van der Waals surface area contributed by atoms with E-state index in [1.54, 1.807) is 12.1 Å². The third-order valence-corrected chi connectivity index (χ3v) is 4.49. The summed E-state index contributed by atoms with van der Waals surface area (Å²) >= 11 is 0. The van der Waals surface area contributed by atoms with Gasteiger partial charge in [-0.25, -0.2) is 9.18 Å². The number of carbonyl (C=O) groups excluding carboxylic acids is 4. The molecule has 3 amide bonds. The summed E-state index contributed by atoms with van der Waals surface area (Å²) in [5.41, 5.74) is 0.0938. The van der Waals surface area contributed by atoms with Crippen molar-refractivity contribution in [2.45, 2.75) is 12.8 Å². The summed E-state index contributed by atoms with van der Waals surface area (Å²) in [5, 5.41) is 0.320. The zero-order chi connectivity index (χ0) is 19.1. The van der Waals surface area contributed by atoms with E-state index in [2.05, 4.69) is 0 Å². The van der Waals surface area contributed by atoms with Crippen molar-refractivity contribution >= 4 is 29.4 Å². The van der Waals surface area contributed by atoms with Gasteiger partial charge in [-0.1, -0.05) is 17.2 Å². The summed E-state index contributed by atoms with van der Waals surface area (Å²) < 4.78 is 14.1. The van der Waals surface area contributed by atoms with E-state index >= 15 is 0 Å². The number of hydrogen-bond donors (Lipinski definition) is 0. The third kappa shape index (κ3) is 2.75. The number of hydrogen-bond acceptors (Lipinski definition) is 5. The van der Waals surface area contributed by atoms with Crippen LogP contribution in [0.3, 0.4) is 0 Å². The van der Waals surface area contributed by atoms with Crippen LogP contribution in [0, 0.1) is 5.82 Å². The fourth-order valence-corrected chi connectivity index (χ4v) is 3.14. The molecule has 0 spiro atoms. The van der Waals surface area contributed by atoms with Gasteiger partial charge in [0.1, 0.15) is 5.82 Å². The fraction of sp³-hybridized carbons (Fsp3) is 0.158. The number of anilines is 1. The molecule has 1 saturated heterocycles. The van der Waals surface area contributed by atoms with Gasteiger partial charge in [-0.3, -0.25) is 14.4 Å². The standard InChI is InChI=1S/C19H13FN2O5/c20-15-8-7-11(21-9-3-6-16(21)23)10-14(15)19(26)27-22-17(24)12-4-1-2-5-13(12)18(22)25/h1-2,4-5,7-8,10H,3,6,9H2. The second kappa shape index (κ2) is 6.31. The molecule has 0 bridgehead atoms. The summed E-state index contributed by atoms with van der Waals surface area (Å²) in [6, 6.07) is 9.63. The molecular weight excluding hydrogens is 355 g/mol. The van der Waals surface area contributed by atoms with Crippen LogP contribution >= 0.6 is 0 Å². The molecule has 1 fully saturated rings. The maximum absolute atomic E-state index is 14.1. The molecule has 0 saturated carbocycles. The van der Waals surface area contributed by atoms with Crippen molar-refractivity contribution in [1.29, 1.82) is 0 Å². The molecule has 8 heteroatoms. The van der Waals surface area contributed by atoms with E-state index in [0.29, 0.717) is 30.1 Å². The number of hydroxylamine groups is 2. The Balaban J connectivity index is 1.60. The first-order valence-corrected chi connectivity index (χ1v) is 8.27. The molecule has 0 radical (unpaired) electrons. The molecule has 27 heavy (non-hydrogen) atoms. The molecule has 4 rings (SSSR count). The Morgan fingerprint density at radius 2 is 1.67 bits per heavy atom. The molecule has 2 aliphatic rings. The van der Waals surface area contributed by atoms with Crippen LogP contribution in [0.4, 0.5) is 10.1 Å². The van der Waals surface area contributed by atoms with E-state index in [1.807, 2.05) is 0 Å². The summed E-state index contributed by atoms with van der Waals surface area (Å²) in [6.07, 6.45) is 1.05. The highest BCUT2D eigenvalue weighted by Gasteiger charge is 2.39. The first kappa shape index (κ1) is 16.9. The van der Waals surface area contributed by atoms with Gasteiger partial charge in [0.15, 0.2) is 0 Å². The summed E-state index contributed by atoms with van der Waals surface area (Å²) in [4.78, 5) is 55.1. The second-order valence-corrected chi connectivity index (χ2v) is 6.14. The quantitative estimate of drug-likeness (QED) is 0.777. The SMILES string of the molecule is O=C(ON1C(=O)c2ccccc2C1=O)c1cc(N2CCCC2=O)ccc1F. The van der Waals surface area contributed by atoms with E-state index in [4.69, 9.17) is 4.84 Å². The van der Waals surface area contributed by atoms with E-state index < -0.39 is 29.2 Å². The molecule has 0 aliphatic carbocycles. The predicted octanol–water partition coefficient (Wildman–Crippen LogP) is 2.32. The molecule has 2 aromatic carbocycles. The normalized spacial score (nSPS) is 16.1. The van der Waals surface area contributed by atoms with E-state index in [0.717, 1.165) is 6.07 Å². The number of imide groups is 1. The number of rotatable bonds is 3. The lowest BCUT2D eigenvalue weighted by molar-refractivity contribution is -0.117. The van der Waals surface area contributed by atoms with Gasteiger partial charge in [0.25, 0.3) is 11.8 Å². The van der Waals surface area contributed by atoms with Crippen molar-refractivity contribution in [3.8, 4) is 0 Å². The Morgan fingerprint density at radius 1 is 1.00 bits per heavy atom. The number of carbonyl (C=O) groups is 4. The first-order chi connectivity index (χ1) is 13.0. The van der Waals surface area contributed by atoms with Crippen LogP contribution in [0.5, 0.6) is 0 Å². The smallest absolute Gasteiger partial charge is 0.324 e. The number of amides is 3. The minimum atomic E-state index is -1.20. The lowest BCUT2D eigenvalue weighted by atomic mass is 10.1. The second-order valence-electron chi connectivity index (χ2n) is 6.14. The van der Waals surface area contributed by atoms with Gasteiger partial charge in [-0.05, 0) is 36.8 Å². The van der Waals surface area contributed by atoms with Gasteiger partial charge in [0, 0.05) is 18.7 Å². The monoisotopic (exact) mass is 368 g/mol. The minimum absolute atomic E-state index is 0.104. The van der Waals surface area contributed by atoms with E-state index in [9.17, 15) is 23.6 Å². The van der Waals surface area contributed by atoms with Crippen LogP contribution in [0.2, 0.25) is 0 Å². The van der Waals surface area contributed by atoms with Crippen molar-refractivity contribution < 1.29 is 28.4 Å². The van der Waals surface area contributed by atoms with Gasteiger partial charge in [-0.15, -0.1) is 0 Å². The molecule has 2 aliphatic heterocycles. The molecule has 2 heterocycles. The van der Waals surface area contributed by atoms with Crippen molar-refractivity contribution in [2.75, 3.05) is 11.4 Å². The van der Waals surface area contributed by atoms with Crippen molar-refractivity contribution in [1.82, 2.24) is 5.06 Å². The van der Waals surface area contributed by atoms with Gasteiger partial charge in [-0.2, -0.15) is 0 Å². The van der Waals surface area contributed by atoms with Gasteiger partial charge in [0.05, 0.1) is 16.7 Å².